The van der Waals surface area contributed by atoms with Gasteiger partial charge in [-0.3, -0.25) is 0 Å². The molecule has 0 spiro atoms. The van der Waals surface area contributed by atoms with Crippen molar-refractivity contribution in [1.29, 1.82) is 0 Å². The minimum absolute atomic E-state index is 0.576. The topological polar surface area (TPSA) is 69.4 Å². The molecule has 0 aliphatic carbocycles. The molecule has 46 valence electrons. The molecule has 0 rings (SSSR count). The third kappa shape index (κ3) is 3.56. The fourth-order valence-electron chi connectivity index (χ4n) is 0.198. The number of carbonyl (C=O) groups excluding carboxylic acids is 1. The monoisotopic (exact) mass is 136 g/mol. The summed E-state index contributed by atoms with van der Waals surface area (Å²) < 4.78 is 14.1. The molecule has 0 radical (unpaired) electrons. The first-order valence-corrected chi connectivity index (χ1v) is 2.99. The summed E-state index contributed by atoms with van der Waals surface area (Å²) in [6, 6.07) is 0. The van der Waals surface area contributed by atoms with Gasteiger partial charge in [0.15, 0.2) is 0 Å². The number of amides is 1. The van der Waals surface area contributed by atoms with Crippen LogP contribution in [0.5, 0.6) is 0 Å². The third-order valence-electron chi connectivity index (χ3n) is 0.459. The molecule has 0 saturated carbocycles. The zero-order valence-electron chi connectivity index (χ0n) is 4.38. The molecule has 2 atom stereocenters. The van der Waals surface area contributed by atoms with Crippen LogP contribution in [0.1, 0.15) is 6.92 Å². The van der Waals surface area contributed by atoms with Crippen LogP contribution in [0.2, 0.25) is 0 Å². The number of hydrogen-bond acceptors (Lipinski definition) is 3. The Labute approximate surface area is 48.2 Å². The van der Waals surface area contributed by atoms with Crippen molar-refractivity contribution in [3.63, 3.8) is 0 Å². The lowest BCUT2D eigenvalue weighted by molar-refractivity contribution is 0.149. The van der Waals surface area contributed by atoms with Gasteiger partial charge in [0, 0.05) is 6.92 Å². The van der Waals surface area contributed by atoms with Crippen LogP contribution >= 0.6 is 8.46 Å². The van der Waals surface area contributed by atoms with Crippen molar-refractivity contribution < 1.29 is 14.1 Å². The second kappa shape index (κ2) is 3.38. The highest BCUT2D eigenvalue weighted by Crippen LogP contribution is 2.04. The zero-order valence-corrected chi connectivity index (χ0v) is 5.38. The van der Waals surface area contributed by atoms with Gasteiger partial charge in [-0.2, -0.15) is 0 Å². The van der Waals surface area contributed by atoms with Gasteiger partial charge in [-0.15, -0.1) is 0 Å². The Morgan fingerprint density at radius 3 is 2.50 bits per heavy atom. The molecular weight excluding hydrogens is 129 g/mol. The first-order chi connectivity index (χ1) is 3.66. The van der Waals surface area contributed by atoms with Crippen LogP contribution in [0.3, 0.4) is 0 Å². The fourth-order valence-corrected chi connectivity index (χ4v) is 0.363. The van der Waals surface area contributed by atoms with Gasteiger partial charge < -0.3 is 10.5 Å². The summed E-state index contributed by atoms with van der Waals surface area (Å²) in [6.45, 7) is 1.50. The Balaban J connectivity index is 3.38. The Bertz CT molecular complexity index is 105. The number of nitrogens with two attached hydrogens (primary N) is 1. The van der Waals surface area contributed by atoms with Gasteiger partial charge in [-0.25, -0.2) is 4.79 Å². The molecule has 5 heteroatoms. The maximum Gasteiger partial charge on any atom is 0.408 e. The largest absolute Gasteiger partial charge is 0.408 e. The molecule has 0 fully saturated rings. The second-order valence-electron chi connectivity index (χ2n) is 1.20. The van der Waals surface area contributed by atoms with E-state index in [-0.39, 0.29) is 0 Å². The highest BCUT2D eigenvalue weighted by atomic mass is 31.1. The summed E-state index contributed by atoms with van der Waals surface area (Å²) in [5.74, 6) is -0.576. The van der Waals surface area contributed by atoms with Crippen molar-refractivity contribution in [2.75, 3.05) is 0 Å². The van der Waals surface area contributed by atoms with Gasteiger partial charge in [0.1, 0.15) is 0 Å². The Kier molecular flexibility index (Phi) is 3.12. The summed E-state index contributed by atoms with van der Waals surface area (Å²) in [7, 11) is -0.649. The average Bonchev–Trinajstić information content (AvgIpc) is 1.65. The normalized spacial score (nSPS) is 13.1. The predicted molar refractivity (Wildman–Crippen MR) is 29.1 cm³/mol. The van der Waals surface area contributed by atoms with Gasteiger partial charge in [0.05, 0.1) is 0 Å². The molecule has 2 N–H and O–H groups in total. The van der Waals surface area contributed by atoms with E-state index < -0.39 is 20.4 Å². The van der Waals surface area contributed by atoms with Gasteiger partial charge in [-0.05, 0) is 0 Å². The lowest BCUT2D eigenvalue weighted by Gasteiger charge is -1.93. The van der Waals surface area contributed by atoms with Crippen molar-refractivity contribution in [1.82, 2.24) is 0 Å². The highest BCUT2D eigenvalue weighted by molar-refractivity contribution is 7.24. The molecule has 0 aliphatic heterocycles. The van der Waals surface area contributed by atoms with Crippen LogP contribution < -0.4 is 5.73 Å². The van der Waals surface area contributed by atoms with Crippen LogP contribution in [0.15, 0.2) is 0 Å². The molecule has 0 bridgehead atoms. The molecule has 0 heterocycles. The molecule has 0 aromatic carbocycles. The minimum Gasteiger partial charge on any atom is -0.401 e. The van der Waals surface area contributed by atoms with E-state index in [4.69, 9.17) is 0 Å². The van der Waals surface area contributed by atoms with Gasteiger partial charge in [0.25, 0.3) is 5.85 Å². The SMILES string of the molecule is CC(OC(N)=O)[PH+]=O. The van der Waals surface area contributed by atoms with Crippen LogP contribution in [0, 0.1) is 0 Å². The number of carbonyl (C=O) groups is 1. The number of primary amides is 1. The third-order valence-corrected chi connectivity index (χ3v) is 0.909. The molecule has 4 nitrogen and oxygen atoms in total. The Morgan fingerprint density at radius 1 is 1.88 bits per heavy atom. The second-order valence-corrected chi connectivity index (χ2v) is 2.25. The summed E-state index contributed by atoms with van der Waals surface area (Å²) >= 11 is 0. The Morgan fingerprint density at radius 2 is 2.38 bits per heavy atom. The van der Waals surface area contributed by atoms with Crippen LogP contribution in [-0.2, 0) is 9.30 Å². The first-order valence-electron chi connectivity index (χ1n) is 2.00. The number of rotatable bonds is 2. The smallest absolute Gasteiger partial charge is 0.401 e. The molecule has 0 aromatic heterocycles. The van der Waals surface area contributed by atoms with E-state index in [2.05, 4.69) is 10.5 Å². The number of hydrogen-bond donors (Lipinski definition) is 1. The lowest BCUT2D eigenvalue weighted by Crippen LogP contribution is -2.16. The molecule has 2 unspecified atom stereocenters. The van der Waals surface area contributed by atoms with Crippen molar-refractivity contribution in [2.24, 2.45) is 5.73 Å². The molecule has 0 saturated heterocycles. The number of ether oxygens (including phenoxy) is 1. The van der Waals surface area contributed by atoms with E-state index in [1.807, 2.05) is 0 Å². The first kappa shape index (κ1) is 7.37. The summed E-state index contributed by atoms with van der Waals surface area (Å²) in [5.41, 5.74) is 4.57. The molecule has 0 aromatic rings. The quantitative estimate of drug-likeness (QED) is 0.560. The van der Waals surface area contributed by atoms with Gasteiger partial charge in [-0.1, -0.05) is 4.57 Å². The molecular formula is C3H7NO3P+. The van der Waals surface area contributed by atoms with E-state index in [9.17, 15) is 9.36 Å². The van der Waals surface area contributed by atoms with E-state index in [1.165, 1.54) is 6.92 Å². The van der Waals surface area contributed by atoms with E-state index in [0.29, 0.717) is 0 Å². The zero-order chi connectivity index (χ0) is 6.57. The fraction of sp³-hybridized carbons (Fsp3) is 0.667. The maximum absolute atomic E-state index is 9.86. The van der Waals surface area contributed by atoms with Crippen LogP contribution in [-0.4, -0.2) is 11.9 Å². The van der Waals surface area contributed by atoms with E-state index in [0.717, 1.165) is 0 Å². The van der Waals surface area contributed by atoms with E-state index in [1.54, 1.807) is 0 Å². The standard InChI is InChI=1S/C3H6NO3P/c1-2(8-6)7-3(4)5/h2H,1H3,(H2,4,5)/p+1. The summed E-state index contributed by atoms with van der Waals surface area (Å²) in [4.78, 5) is 9.83. The highest BCUT2D eigenvalue weighted by Gasteiger charge is 2.09. The van der Waals surface area contributed by atoms with E-state index >= 15 is 0 Å². The van der Waals surface area contributed by atoms with Crippen LogP contribution in [0.4, 0.5) is 4.79 Å². The van der Waals surface area contributed by atoms with Crippen molar-refractivity contribution >= 4 is 14.6 Å². The summed E-state index contributed by atoms with van der Waals surface area (Å²) in [6.07, 6.45) is -0.888. The Hall–Kier alpha value is -0.630. The van der Waals surface area contributed by atoms with Gasteiger partial charge in [0.2, 0.25) is 0 Å². The lowest BCUT2D eigenvalue weighted by atomic mass is 10.8. The van der Waals surface area contributed by atoms with Crippen molar-refractivity contribution in [3.05, 3.63) is 0 Å². The van der Waals surface area contributed by atoms with Crippen LogP contribution in [0.25, 0.3) is 0 Å². The maximum atomic E-state index is 9.86. The van der Waals surface area contributed by atoms with Crippen molar-refractivity contribution in [2.45, 2.75) is 12.8 Å². The van der Waals surface area contributed by atoms with Gasteiger partial charge >= 0.3 is 14.6 Å². The molecule has 0 aliphatic rings. The predicted octanol–water partition coefficient (Wildman–Crippen LogP) is 0.452. The average molecular weight is 136 g/mol. The molecule has 1 amide bonds. The summed E-state index contributed by atoms with van der Waals surface area (Å²) in [5, 5.41) is 0. The van der Waals surface area contributed by atoms with Crippen molar-refractivity contribution in [3.8, 4) is 0 Å². The minimum atomic E-state index is -0.888. The molecule has 8 heavy (non-hydrogen) atoms.